The number of likely N-dealkylation sites (N-methyl/N-ethyl adjacent to an activating group) is 1. The fourth-order valence-corrected chi connectivity index (χ4v) is 3.92. The van der Waals surface area contributed by atoms with Crippen molar-refractivity contribution >= 4 is 30.1 Å². The molecule has 0 aliphatic heterocycles. The minimum absolute atomic E-state index is 0.0454. The van der Waals surface area contributed by atoms with Crippen LogP contribution in [0.1, 0.15) is 36.1 Å². The average molecular weight is 550 g/mol. The molecule has 40 heavy (non-hydrogen) atoms. The van der Waals surface area contributed by atoms with Gasteiger partial charge in [0.15, 0.2) is 40.6 Å². The van der Waals surface area contributed by atoms with Crippen molar-refractivity contribution < 1.29 is 45.0 Å². The molecule has 6 N–H and O–H groups in total. The number of hydrogen-bond donors (Lipinski definition) is 6. The van der Waals surface area contributed by atoms with Gasteiger partial charge in [0.25, 0.3) is 5.91 Å². The van der Waals surface area contributed by atoms with E-state index in [1.54, 1.807) is 13.8 Å². The monoisotopic (exact) mass is 549 g/mol. The number of benzene rings is 3. The topological polar surface area (TPSA) is 168 Å². The molecule has 0 heterocycles. The Morgan fingerprint density at radius 2 is 1.40 bits per heavy atom. The quantitative estimate of drug-likeness (QED) is 0.0943. The third-order valence-electron chi connectivity index (χ3n) is 6.14. The Labute approximate surface area is 231 Å². The van der Waals surface area contributed by atoms with Gasteiger partial charge in [0.05, 0.1) is 0 Å². The number of ether oxygens (including phenoxy) is 1. The highest BCUT2D eigenvalue weighted by molar-refractivity contribution is 5.92. The third kappa shape index (κ3) is 7.25. The number of hydrogen-bond acceptors (Lipinski definition) is 9. The molecule has 0 spiro atoms. The van der Waals surface area contributed by atoms with E-state index in [-0.39, 0.29) is 35.0 Å². The van der Waals surface area contributed by atoms with Crippen molar-refractivity contribution in [2.45, 2.75) is 26.4 Å². The van der Waals surface area contributed by atoms with Crippen molar-refractivity contribution in [3.05, 3.63) is 76.9 Å². The molecule has 1 amide bonds. The van der Waals surface area contributed by atoms with Crippen LogP contribution in [0.25, 0.3) is 18.2 Å². The highest BCUT2D eigenvalue weighted by Gasteiger charge is 2.27. The van der Waals surface area contributed by atoms with Crippen LogP contribution >= 0.6 is 0 Å². The lowest BCUT2D eigenvalue weighted by Gasteiger charge is -2.25. The molecular formula is C30H31NO9. The zero-order chi connectivity index (χ0) is 29.4. The molecule has 0 aliphatic carbocycles. The van der Waals surface area contributed by atoms with Gasteiger partial charge in [-0.3, -0.25) is 4.79 Å². The van der Waals surface area contributed by atoms with Gasteiger partial charge in [-0.05, 0) is 73.0 Å². The Morgan fingerprint density at radius 1 is 0.775 bits per heavy atom. The number of rotatable bonds is 10. The van der Waals surface area contributed by atoms with Gasteiger partial charge in [0.2, 0.25) is 0 Å². The van der Waals surface area contributed by atoms with Gasteiger partial charge in [0.1, 0.15) is 0 Å². The first-order valence-electron chi connectivity index (χ1n) is 12.5. The van der Waals surface area contributed by atoms with E-state index in [1.165, 1.54) is 71.7 Å². The summed E-state index contributed by atoms with van der Waals surface area (Å²) in [5.74, 6) is -3.43. The SMILES string of the molecule is CCN(CC)C(=O)[C@@H](Cc1ccc(O)c(O)c1)OC(=O)/C=C/c1ccc(O)c(O)c1/C=C/c1ccc(O)c(O)c1. The molecule has 0 radical (unpaired) electrons. The first-order chi connectivity index (χ1) is 19.0. The Bertz CT molecular complexity index is 1440. The molecular weight excluding hydrogens is 518 g/mol. The lowest BCUT2D eigenvalue weighted by atomic mass is 10.0. The molecule has 0 saturated heterocycles. The Balaban J connectivity index is 1.86. The zero-order valence-corrected chi connectivity index (χ0v) is 22.0. The second-order valence-corrected chi connectivity index (χ2v) is 8.81. The summed E-state index contributed by atoms with van der Waals surface area (Å²) in [6, 6.07) is 10.9. The molecule has 0 bridgehead atoms. The highest BCUT2D eigenvalue weighted by Crippen LogP contribution is 2.34. The first-order valence-corrected chi connectivity index (χ1v) is 12.5. The number of carbonyl (C=O) groups excluding carboxylic acids is 2. The molecule has 3 aromatic rings. The van der Waals surface area contributed by atoms with Crippen molar-refractivity contribution in [2.75, 3.05) is 13.1 Å². The molecule has 3 aromatic carbocycles. The second-order valence-electron chi connectivity index (χ2n) is 8.81. The van der Waals surface area contributed by atoms with E-state index >= 15 is 0 Å². The lowest BCUT2D eigenvalue weighted by Crippen LogP contribution is -2.42. The molecule has 0 unspecified atom stereocenters. The van der Waals surface area contributed by atoms with Crippen LogP contribution in [0, 0.1) is 0 Å². The maximum Gasteiger partial charge on any atom is 0.331 e. The normalized spacial score (nSPS) is 12.1. The van der Waals surface area contributed by atoms with Gasteiger partial charge < -0.3 is 40.3 Å². The summed E-state index contributed by atoms with van der Waals surface area (Å²) in [6.45, 7) is 4.36. The number of phenolic OH excluding ortho intramolecular Hbond substituents is 6. The second kappa shape index (κ2) is 13.1. The molecule has 0 aliphatic rings. The number of esters is 1. The average Bonchev–Trinajstić information content (AvgIpc) is 2.93. The van der Waals surface area contributed by atoms with Crippen molar-refractivity contribution in [3.63, 3.8) is 0 Å². The largest absolute Gasteiger partial charge is 0.504 e. The summed E-state index contributed by atoms with van der Waals surface area (Å²) in [5.41, 5.74) is 1.45. The first kappa shape index (κ1) is 29.4. The summed E-state index contributed by atoms with van der Waals surface area (Å²) in [5, 5.41) is 59.0. The predicted molar refractivity (Wildman–Crippen MR) is 149 cm³/mol. The number of phenols is 6. The van der Waals surface area contributed by atoms with Crippen LogP contribution < -0.4 is 0 Å². The van der Waals surface area contributed by atoms with Crippen LogP contribution in [0.3, 0.4) is 0 Å². The van der Waals surface area contributed by atoms with Gasteiger partial charge in [-0.1, -0.05) is 24.3 Å². The van der Waals surface area contributed by atoms with Crippen LogP contribution in [-0.4, -0.2) is 66.6 Å². The van der Waals surface area contributed by atoms with Crippen LogP contribution in [0.15, 0.2) is 54.6 Å². The van der Waals surface area contributed by atoms with Gasteiger partial charge >= 0.3 is 5.97 Å². The molecule has 0 saturated carbocycles. The Hall–Kier alpha value is -5.12. The van der Waals surface area contributed by atoms with Gasteiger partial charge in [0, 0.05) is 31.1 Å². The summed E-state index contributed by atoms with van der Waals surface area (Å²) >= 11 is 0. The van der Waals surface area contributed by atoms with E-state index in [1.807, 2.05) is 0 Å². The summed E-state index contributed by atoms with van der Waals surface area (Å²) in [6.07, 6.45) is 4.14. The molecule has 0 fully saturated rings. The van der Waals surface area contributed by atoms with E-state index in [9.17, 15) is 40.2 Å². The van der Waals surface area contributed by atoms with E-state index in [2.05, 4.69) is 0 Å². The Morgan fingerprint density at radius 3 is 2.02 bits per heavy atom. The van der Waals surface area contributed by atoms with Crippen molar-refractivity contribution in [3.8, 4) is 34.5 Å². The molecule has 0 aromatic heterocycles. The van der Waals surface area contributed by atoms with Gasteiger partial charge in [-0.2, -0.15) is 0 Å². The van der Waals surface area contributed by atoms with E-state index in [0.717, 1.165) is 6.08 Å². The summed E-state index contributed by atoms with van der Waals surface area (Å²) < 4.78 is 5.50. The lowest BCUT2D eigenvalue weighted by molar-refractivity contribution is -0.156. The summed E-state index contributed by atoms with van der Waals surface area (Å²) in [4.78, 5) is 27.4. The fourth-order valence-electron chi connectivity index (χ4n) is 3.92. The smallest absolute Gasteiger partial charge is 0.331 e. The molecule has 210 valence electrons. The van der Waals surface area contributed by atoms with Crippen LogP contribution in [-0.2, 0) is 20.7 Å². The number of aromatic hydroxyl groups is 6. The third-order valence-corrected chi connectivity index (χ3v) is 6.14. The van der Waals surface area contributed by atoms with Gasteiger partial charge in [-0.15, -0.1) is 0 Å². The standard InChI is InChI=1S/C30H31NO9/c1-3-31(4-2)30(39)27(17-19-7-12-23(33)26(36)16-19)40-28(37)14-9-20-8-13-24(34)29(38)21(20)10-5-18-6-11-22(32)25(35)15-18/h5-16,27,32-36,38H,3-4,17H2,1-2H3/b10-5+,14-9+/t27-/m1/s1. The number of nitrogens with zero attached hydrogens (tertiary/aromatic N) is 1. The minimum Gasteiger partial charge on any atom is -0.504 e. The van der Waals surface area contributed by atoms with Crippen molar-refractivity contribution in [2.24, 2.45) is 0 Å². The fraction of sp³-hybridized carbons (Fsp3) is 0.200. The maximum atomic E-state index is 13.1. The van der Waals surface area contributed by atoms with Crippen molar-refractivity contribution in [1.29, 1.82) is 0 Å². The zero-order valence-electron chi connectivity index (χ0n) is 22.0. The number of carbonyl (C=O) groups is 2. The molecule has 10 heteroatoms. The van der Waals surface area contributed by atoms with Gasteiger partial charge in [-0.25, -0.2) is 4.79 Å². The Kier molecular flexibility index (Phi) is 9.64. The van der Waals surface area contributed by atoms with E-state index in [4.69, 9.17) is 4.74 Å². The molecule has 1 atom stereocenters. The predicted octanol–water partition coefficient (Wildman–Crippen LogP) is 4.13. The van der Waals surface area contributed by atoms with Crippen molar-refractivity contribution in [1.82, 2.24) is 4.90 Å². The molecule has 3 rings (SSSR count). The molecule has 10 nitrogen and oxygen atoms in total. The van der Waals surface area contributed by atoms with Crippen LogP contribution in [0.2, 0.25) is 0 Å². The van der Waals surface area contributed by atoms with E-state index in [0.29, 0.717) is 29.8 Å². The van der Waals surface area contributed by atoms with Crippen LogP contribution in [0.4, 0.5) is 0 Å². The number of amides is 1. The van der Waals surface area contributed by atoms with E-state index < -0.39 is 29.5 Å². The summed E-state index contributed by atoms with van der Waals surface area (Å²) in [7, 11) is 0. The van der Waals surface area contributed by atoms with Crippen LogP contribution in [0.5, 0.6) is 34.5 Å². The maximum absolute atomic E-state index is 13.1. The highest BCUT2D eigenvalue weighted by atomic mass is 16.5. The minimum atomic E-state index is -1.21.